The molecule has 7 nitrogen and oxygen atoms in total. The third-order valence-electron chi connectivity index (χ3n) is 4.14. The maximum atomic E-state index is 4.66. The van der Waals surface area contributed by atoms with Crippen LogP contribution in [0.25, 0.3) is 5.82 Å². The summed E-state index contributed by atoms with van der Waals surface area (Å²) in [5.74, 6) is 1.62. The minimum atomic E-state index is 0.565. The molecule has 0 unspecified atom stereocenters. The topological polar surface area (TPSA) is 80.0 Å². The van der Waals surface area contributed by atoms with Gasteiger partial charge in [-0.25, -0.2) is 19.6 Å². The molecule has 0 atom stereocenters. The SMILES string of the molecule is CCNC(=NCc1ccc(-n2nc(C)cc2C)nc1)NCCc1csc(C)n1. The second-order valence-electron chi connectivity index (χ2n) is 6.59. The third kappa shape index (κ3) is 5.39. The Morgan fingerprint density at radius 2 is 2.07 bits per heavy atom. The van der Waals surface area contributed by atoms with Crippen LogP contribution >= 0.6 is 11.3 Å². The molecule has 0 aliphatic heterocycles. The van der Waals surface area contributed by atoms with Crippen LogP contribution < -0.4 is 10.6 Å². The smallest absolute Gasteiger partial charge is 0.191 e. The molecule has 3 aromatic rings. The number of aliphatic imine (C=N–C) groups is 1. The fourth-order valence-corrected chi connectivity index (χ4v) is 3.49. The van der Waals surface area contributed by atoms with E-state index in [0.29, 0.717) is 6.54 Å². The van der Waals surface area contributed by atoms with E-state index in [4.69, 9.17) is 0 Å². The van der Waals surface area contributed by atoms with E-state index < -0.39 is 0 Å². The van der Waals surface area contributed by atoms with Crippen LogP contribution in [0, 0.1) is 20.8 Å². The molecule has 3 aromatic heterocycles. The highest BCUT2D eigenvalue weighted by Gasteiger charge is 2.05. The molecule has 0 aromatic carbocycles. The van der Waals surface area contributed by atoms with Gasteiger partial charge >= 0.3 is 0 Å². The zero-order chi connectivity index (χ0) is 19.9. The van der Waals surface area contributed by atoms with E-state index in [0.717, 1.165) is 58.9 Å². The number of hydrogen-bond acceptors (Lipinski definition) is 5. The highest BCUT2D eigenvalue weighted by molar-refractivity contribution is 7.09. The summed E-state index contributed by atoms with van der Waals surface area (Å²) in [4.78, 5) is 13.7. The van der Waals surface area contributed by atoms with Gasteiger partial charge in [-0.3, -0.25) is 0 Å². The van der Waals surface area contributed by atoms with Gasteiger partial charge in [-0.1, -0.05) is 6.07 Å². The number of thiazole rings is 1. The average Bonchev–Trinajstić information content (AvgIpc) is 3.24. The molecule has 0 aliphatic carbocycles. The van der Waals surface area contributed by atoms with Crippen molar-refractivity contribution in [3.8, 4) is 5.82 Å². The first-order chi connectivity index (χ1) is 13.5. The molecular weight excluding hydrogens is 370 g/mol. The molecule has 3 rings (SSSR count). The number of nitrogens with zero attached hydrogens (tertiary/aromatic N) is 5. The zero-order valence-electron chi connectivity index (χ0n) is 16.9. The first kappa shape index (κ1) is 20.0. The summed E-state index contributed by atoms with van der Waals surface area (Å²) in [7, 11) is 0. The van der Waals surface area contributed by atoms with Crippen molar-refractivity contribution in [2.45, 2.75) is 40.7 Å². The van der Waals surface area contributed by atoms with Gasteiger partial charge in [-0.15, -0.1) is 11.3 Å². The van der Waals surface area contributed by atoms with Crippen molar-refractivity contribution in [1.29, 1.82) is 0 Å². The van der Waals surface area contributed by atoms with Crippen LogP contribution in [0.5, 0.6) is 0 Å². The highest BCUT2D eigenvalue weighted by Crippen LogP contribution is 2.11. The van der Waals surface area contributed by atoms with Crippen molar-refractivity contribution in [2.75, 3.05) is 13.1 Å². The summed E-state index contributed by atoms with van der Waals surface area (Å²) in [5.41, 5.74) is 4.24. The zero-order valence-corrected chi connectivity index (χ0v) is 17.7. The number of aryl methyl sites for hydroxylation is 3. The molecular formula is C20H27N7S. The summed E-state index contributed by atoms with van der Waals surface area (Å²) in [6.45, 7) is 10.3. The summed E-state index contributed by atoms with van der Waals surface area (Å²) in [6, 6.07) is 6.07. The summed E-state index contributed by atoms with van der Waals surface area (Å²) in [5, 5.41) is 14.3. The quantitative estimate of drug-likeness (QED) is 0.473. The van der Waals surface area contributed by atoms with Gasteiger partial charge in [0.05, 0.1) is 22.9 Å². The Morgan fingerprint density at radius 3 is 2.68 bits per heavy atom. The Bertz CT molecular complexity index is 924. The number of nitrogens with one attached hydrogen (secondary N) is 2. The summed E-state index contributed by atoms with van der Waals surface area (Å²) < 4.78 is 1.86. The maximum Gasteiger partial charge on any atom is 0.191 e. The second-order valence-corrected chi connectivity index (χ2v) is 7.66. The first-order valence-electron chi connectivity index (χ1n) is 9.47. The Hall–Kier alpha value is -2.74. The van der Waals surface area contributed by atoms with Gasteiger partial charge in [0.2, 0.25) is 0 Å². The highest BCUT2D eigenvalue weighted by atomic mass is 32.1. The molecule has 28 heavy (non-hydrogen) atoms. The Kier molecular flexibility index (Phi) is 6.76. The van der Waals surface area contributed by atoms with Crippen LogP contribution in [0.15, 0.2) is 34.8 Å². The minimum Gasteiger partial charge on any atom is -0.357 e. The van der Waals surface area contributed by atoms with Gasteiger partial charge in [0.1, 0.15) is 0 Å². The number of pyridine rings is 1. The Labute approximate surface area is 170 Å². The van der Waals surface area contributed by atoms with E-state index in [1.165, 1.54) is 0 Å². The molecule has 8 heteroatoms. The van der Waals surface area contributed by atoms with Crippen molar-refractivity contribution in [3.63, 3.8) is 0 Å². The number of rotatable bonds is 7. The molecule has 0 saturated carbocycles. The van der Waals surface area contributed by atoms with Crippen LogP contribution in [-0.2, 0) is 13.0 Å². The lowest BCUT2D eigenvalue weighted by Crippen LogP contribution is -2.38. The lowest BCUT2D eigenvalue weighted by molar-refractivity contribution is 0.787. The maximum absolute atomic E-state index is 4.66. The third-order valence-corrected chi connectivity index (χ3v) is 4.96. The monoisotopic (exact) mass is 397 g/mol. The lowest BCUT2D eigenvalue weighted by atomic mass is 10.3. The van der Waals surface area contributed by atoms with E-state index in [-0.39, 0.29) is 0 Å². The van der Waals surface area contributed by atoms with Gasteiger partial charge in [0.25, 0.3) is 0 Å². The van der Waals surface area contributed by atoms with E-state index in [9.17, 15) is 0 Å². The first-order valence-corrected chi connectivity index (χ1v) is 10.3. The van der Waals surface area contributed by atoms with E-state index in [1.54, 1.807) is 11.3 Å². The molecule has 0 fully saturated rings. The van der Waals surface area contributed by atoms with Gasteiger partial charge in [0, 0.05) is 36.8 Å². The Balaban J connectivity index is 1.58. The van der Waals surface area contributed by atoms with Crippen LogP contribution in [-0.4, -0.2) is 38.8 Å². The van der Waals surface area contributed by atoms with Crippen LogP contribution in [0.4, 0.5) is 0 Å². The molecule has 0 aliphatic rings. The van der Waals surface area contributed by atoms with E-state index >= 15 is 0 Å². The minimum absolute atomic E-state index is 0.565. The van der Waals surface area contributed by atoms with Gasteiger partial charge in [-0.05, 0) is 45.4 Å². The van der Waals surface area contributed by atoms with Gasteiger partial charge < -0.3 is 10.6 Å². The number of hydrogen-bond donors (Lipinski definition) is 2. The molecule has 3 heterocycles. The van der Waals surface area contributed by atoms with Crippen LogP contribution in [0.2, 0.25) is 0 Å². The van der Waals surface area contributed by atoms with Gasteiger partial charge in [-0.2, -0.15) is 5.10 Å². The van der Waals surface area contributed by atoms with E-state index in [2.05, 4.69) is 43.0 Å². The van der Waals surface area contributed by atoms with Crippen molar-refractivity contribution in [2.24, 2.45) is 4.99 Å². The predicted octanol–water partition coefficient (Wildman–Crippen LogP) is 2.95. The summed E-state index contributed by atoms with van der Waals surface area (Å²) >= 11 is 1.68. The van der Waals surface area contributed by atoms with Crippen molar-refractivity contribution < 1.29 is 0 Å². The molecule has 0 radical (unpaired) electrons. The molecule has 0 amide bonds. The molecule has 2 N–H and O–H groups in total. The van der Waals surface area contributed by atoms with E-state index in [1.807, 2.05) is 49.8 Å². The standard InChI is InChI=1S/C20H27N7S/c1-5-21-20(22-9-8-18-13-28-16(4)25-18)24-12-17-6-7-19(23-11-17)27-15(3)10-14(2)26-27/h6-7,10-11,13H,5,8-9,12H2,1-4H3,(H2,21,22,24). The largest absolute Gasteiger partial charge is 0.357 e. The Morgan fingerprint density at radius 1 is 1.21 bits per heavy atom. The average molecular weight is 398 g/mol. The predicted molar refractivity (Wildman–Crippen MR) is 114 cm³/mol. The molecule has 0 spiro atoms. The van der Waals surface area contributed by atoms with Crippen molar-refractivity contribution >= 4 is 17.3 Å². The second kappa shape index (κ2) is 9.45. The molecule has 0 bridgehead atoms. The number of aromatic nitrogens is 4. The molecule has 148 valence electrons. The fourth-order valence-electron chi connectivity index (χ4n) is 2.84. The molecule has 0 saturated heterocycles. The fraction of sp³-hybridized carbons (Fsp3) is 0.400. The normalized spacial score (nSPS) is 11.6. The van der Waals surface area contributed by atoms with Crippen LogP contribution in [0.1, 0.15) is 34.6 Å². The lowest BCUT2D eigenvalue weighted by Gasteiger charge is -2.11. The van der Waals surface area contributed by atoms with Crippen LogP contribution in [0.3, 0.4) is 0 Å². The van der Waals surface area contributed by atoms with Gasteiger partial charge in [0.15, 0.2) is 11.8 Å². The van der Waals surface area contributed by atoms with Crippen molar-refractivity contribution in [1.82, 2.24) is 30.4 Å². The number of guanidine groups is 1. The van der Waals surface area contributed by atoms with Crippen molar-refractivity contribution in [3.05, 3.63) is 57.4 Å². The summed E-state index contributed by atoms with van der Waals surface area (Å²) in [6.07, 6.45) is 2.74.